The highest BCUT2D eigenvalue weighted by atomic mass is 16.2. The van der Waals surface area contributed by atoms with E-state index in [1.165, 1.54) is 10.8 Å². The zero-order valence-electron chi connectivity index (χ0n) is 16.9. The summed E-state index contributed by atoms with van der Waals surface area (Å²) in [5.74, 6) is -0.613. The van der Waals surface area contributed by atoms with Gasteiger partial charge in [-0.1, -0.05) is 42.0 Å². The first-order chi connectivity index (χ1) is 13.8. The Labute approximate surface area is 169 Å². The summed E-state index contributed by atoms with van der Waals surface area (Å²) >= 11 is 0. The number of carbonyl (C=O) groups is 1. The van der Waals surface area contributed by atoms with Gasteiger partial charge in [0.2, 0.25) is 0 Å². The van der Waals surface area contributed by atoms with E-state index < -0.39 is 5.91 Å². The Balaban J connectivity index is 1.97. The zero-order valence-corrected chi connectivity index (χ0v) is 16.9. The number of benzene rings is 2. The number of nitrogens with one attached hydrogen (secondary N) is 1. The molecule has 1 heterocycles. The first-order valence-corrected chi connectivity index (χ1v) is 9.18. The lowest BCUT2D eigenvalue weighted by Gasteiger charge is -2.07. The topological polar surface area (TPSA) is 79.8 Å². The second-order valence-electron chi connectivity index (χ2n) is 6.92. The number of anilines is 1. The van der Waals surface area contributed by atoms with Crippen molar-refractivity contribution in [3.8, 4) is 11.8 Å². The fraction of sp³-hybridized carbons (Fsp3) is 0.174. The fourth-order valence-corrected chi connectivity index (χ4v) is 3.18. The van der Waals surface area contributed by atoms with E-state index in [0.717, 1.165) is 16.7 Å². The lowest BCUT2D eigenvalue weighted by molar-refractivity contribution is -0.112. The molecule has 146 valence electrons. The van der Waals surface area contributed by atoms with Crippen molar-refractivity contribution in [1.82, 2.24) is 9.36 Å². The molecular formula is C23H22N4O2. The summed E-state index contributed by atoms with van der Waals surface area (Å²) in [5, 5.41) is 12.1. The summed E-state index contributed by atoms with van der Waals surface area (Å²) in [6, 6.07) is 16.9. The van der Waals surface area contributed by atoms with Crippen LogP contribution in [0, 0.1) is 32.1 Å². The minimum atomic E-state index is -0.613. The summed E-state index contributed by atoms with van der Waals surface area (Å²) < 4.78 is 3.15. The molecule has 6 heteroatoms. The van der Waals surface area contributed by atoms with Crippen LogP contribution in [0.5, 0.6) is 0 Å². The van der Waals surface area contributed by atoms with E-state index in [1.54, 1.807) is 18.7 Å². The summed E-state index contributed by atoms with van der Waals surface area (Å²) in [6.07, 6.45) is 1.54. The Bertz CT molecular complexity index is 1210. The molecule has 0 aliphatic carbocycles. The van der Waals surface area contributed by atoms with Crippen LogP contribution in [0.2, 0.25) is 0 Å². The van der Waals surface area contributed by atoms with Crippen LogP contribution < -0.4 is 10.9 Å². The van der Waals surface area contributed by atoms with E-state index in [4.69, 9.17) is 0 Å². The average Bonchev–Trinajstić information content (AvgIpc) is 2.91. The van der Waals surface area contributed by atoms with Gasteiger partial charge in [0.15, 0.2) is 0 Å². The number of hydrogen-bond acceptors (Lipinski definition) is 3. The number of aryl methyl sites for hydroxylation is 2. The molecule has 29 heavy (non-hydrogen) atoms. The molecule has 0 fully saturated rings. The van der Waals surface area contributed by atoms with Gasteiger partial charge in [0.25, 0.3) is 11.5 Å². The van der Waals surface area contributed by atoms with E-state index >= 15 is 0 Å². The Kier molecular flexibility index (Phi) is 5.51. The van der Waals surface area contributed by atoms with Crippen LogP contribution in [0.1, 0.15) is 22.4 Å². The van der Waals surface area contributed by atoms with Crippen LogP contribution in [0.4, 0.5) is 5.69 Å². The van der Waals surface area contributed by atoms with E-state index in [2.05, 4.69) is 5.32 Å². The second-order valence-corrected chi connectivity index (χ2v) is 6.92. The first-order valence-electron chi connectivity index (χ1n) is 9.18. The number of nitrogens with zero attached hydrogens (tertiary/aromatic N) is 3. The van der Waals surface area contributed by atoms with Gasteiger partial charge in [-0.15, -0.1) is 0 Å². The standard InChI is InChI=1S/C23H22N4O2/c1-15-10-11-18(16(2)12-15)13-19(14-24)22(28)25-21-17(3)26(4)27(23(21)29)20-8-6-5-7-9-20/h5-13H,1-4H3,(H,25,28)/b19-13-. The van der Waals surface area contributed by atoms with Crippen molar-refractivity contribution in [1.29, 1.82) is 5.26 Å². The number of aromatic nitrogens is 2. The Morgan fingerprint density at radius 2 is 1.79 bits per heavy atom. The summed E-state index contributed by atoms with van der Waals surface area (Å²) in [7, 11) is 1.75. The lowest BCUT2D eigenvalue weighted by Crippen LogP contribution is -2.23. The SMILES string of the molecule is Cc1ccc(/C=C(/C#N)C(=O)Nc2c(C)n(C)n(-c3ccccc3)c2=O)c(C)c1. The Morgan fingerprint density at radius 3 is 2.41 bits per heavy atom. The molecule has 0 aliphatic heterocycles. The van der Waals surface area contributed by atoms with Gasteiger partial charge in [-0.2, -0.15) is 5.26 Å². The van der Waals surface area contributed by atoms with Gasteiger partial charge in [0.1, 0.15) is 17.3 Å². The Hall–Kier alpha value is -3.85. The predicted octanol–water partition coefficient (Wildman–Crippen LogP) is 3.65. The molecule has 0 atom stereocenters. The molecule has 1 aromatic heterocycles. The van der Waals surface area contributed by atoms with Crippen molar-refractivity contribution < 1.29 is 4.79 Å². The van der Waals surface area contributed by atoms with Gasteiger partial charge in [-0.3, -0.25) is 14.3 Å². The molecule has 1 N–H and O–H groups in total. The van der Waals surface area contributed by atoms with Crippen molar-refractivity contribution in [2.75, 3.05) is 5.32 Å². The lowest BCUT2D eigenvalue weighted by atomic mass is 10.0. The number of carbonyl (C=O) groups excluding carboxylic acids is 1. The van der Waals surface area contributed by atoms with Gasteiger partial charge in [-0.05, 0) is 50.1 Å². The third-order valence-electron chi connectivity index (χ3n) is 4.88. The number of rotatable bonds is 4. The van der Waals surface area contributed by atoms with Crippen LogP contribution in [-0.2, 0) is 11.8 Å². The smallest absolute Gasteiger partial charge is 0.295 e. The van der Waals surface area contributed by atoms with Gasteiger partial charge >= 0.3 is 0 Å². The van der Waals surface area contributed by atoms with Crippen molar-refractivity contribution >= 4 is 17.7 Å². The normalized spacial score (nSPS) is 11.2. The number of nitriles is 1. The molecule has 1 amide bonds. The molecule has 0 aliphatic rings. The van der Waals surface area contributed by atoms with Crippen LogP contribution in [0.15, 0.2) is 58.9 Å². The summed E-state index contributed by atoms with van der Waals surface area (Å²) in [4.78, 5) is 25.7. The molecule has 0 radical (unpaired) electrons. The molecule has 2 aromatic carbocycles. The van der Waals surface area contributed by atoms with Crippen LogP contribution in [0.3, 0.4) is 0 Å². The minimum absolute atomic E-state index is 0.0640. The van der Waals surface area contributed by atoms with E-state index in [0.29, 0.717) is 11.4 Å². The van der Waals surface area contributed by atoms with Crippen molar-refractivity contribution in [3.05, 3.63) is 86.8 Å². The predicted molar refractivity (Wildman–Crippen MR) is 114 cm³/mol. The van der Waals surface area contributed by atoms with Crippen molar-refractivity contribution in [2.24, 2.45) is 7.05 Å². The van der Waals surface area contributed by atoms with Crippen LogP contribution >= 0.6 is 0 Å². The maximum Gasteiger partial charge on any atom is 0.295 e. The fourth-order valence-electron chi connectivity index (χ4n) is 3.18. The number of para-hydroxylation sites is 1. The average molecular weight is 386 g/mol. The molecular weight excluding hydrogens is 364 g/mol. The Morgan fingerprint density at radius 1 is 1.10 bits per heavy atom. The number of amides is 1. The van der Waals surface area contributed by atoms with Crippen LogP contribution in [0.25, 0.3) is 11.8 Å². The summed E-state index contributed by atoms with van der Waals surface area (Å²) in [5.41, 5.74) is 3.87. The first kappa shape index (κ1) is 19.9. The van der Waals surface area contributed by atoms with E-state index in [1.807, 2.05) is 68.4 Å². The van der Waals surface area contributed by atoms with Gasteiger partial charge in [0.05, 0.1) is 11.4 Å². The molecule has 3 rings (SSSR count). The largest absolute Gasteiger partial charge is 0.315 e. The summed E-state index contributed by atoms with van der Waals surface area (Å²) in [6.45, 7) is 5.65. The van der Waals surface area contributed by atoms with E-state index in [-0.39, 0.29) is 16.8 Å². The molecule has 0 saturated heterocycles. The van der Waals surface area contributed by atoms with Crippen LogP contribution in [-0.4, -0.2) is 15.3 Å². The monoisotopic (exact) mass is 386 g/mol. The highest BCUT2D eigenvalue weighted by Gasteiger charge is 2.20. The quantitative estimate of drug-likeness (QED) is 0.549. The number of hydrogen-bond donors (Lipinski definition) is 1. The molecule has 3 aromatic rings. The highest BCUT2D eigenvalue weighted by Crippen LogP contribution is 2.17. The van der Waals surface area contributed by atoms with Gasteiger partial charge < -0.3 is 5.32 Å². The molecule has 0 bridgehead atoms. The third kappa shape index (κ3) is 3.90. The molecule has 0 saturated carbocycles. The van der Waals surface area contributed by atoms with Crippen molar-refractivity contribution in [3.63, 3.8) is 0 Å². The van der Waals surface area contributed by atoms with Crippen molar-refractivity contribution in [2.45, 2.75) is 20.8 Å². The molecule has 0 spiro atoms. The highest BCUT2D eigenvalue weighted by molar-refractivity contribution is 6.09. The maximum atomic E-state index is 12.9. The molecule has 0 unspecified atom stereocenters. The second kappa shape index (κ2) is 8.03. The molecule has 6 nitrogen and oxygen atoms in total. The maximum absolute atomic E-state index is 12.9. The third-order valence-corrected chi connectivity index (χ3v) is 4.88. The van der Waals surface area contributed by atoms with Gasteiger partial charge in [-0.25, -0.2) is 4.68 Å². The van der Waals surface area contributed by atoms with E-state index in [9.17, 15) is 14.9 Å². The van der Waals surface area contributed by atoms with Gasteiger partial charge in [0, 0.05) is 7.05 Å². The minimum Gasteiger partial charge on any atom is -0.315 e. The zero-order chi connectivity index (χ0) is 21.1.